The molecule has 1 amide bonds. The first-order chi connectivity index (χ1) is 8.57. The number of para-hydroxylation sites is 1. The molecule has 6 nitrogen and oxygen atoms in total. The van der Waals surface area contributed by atoms with Crippen LogP contribution in [0, 0.1) is 10.1 Å². The van der Waals surface area contributed by atoms with Gasteiger partial charge in [-0.3, -0.25) is 24.6 Å². The summed E-state index contributed by atoms with van der Waals surface area (Å²) in [6.07, 6.45) is 1.58. The zero-order valence-corrected chi connectivity index (χ0v) is 10.1. The zero-order chi connectivity index (χ0) is 13.3. The summed E-state index contributed by atoms with van der Waals surface area (Å²) in [5.74, 6) is -1.97. The highest BCUT2D eigenvalue weighted by atomic mass is 32.2. The van der Waals surface area contributed by atoms with Crippen molar-refractivity contribution in [2.75, 3.05) is 11.2 Å². The number of nitrogens with zero attached hydrogens (tertiary/aromatic N) is 2. The number of Topliss-reactive ketones (excluding diaryl/α,β-unsaturated/α-hetero) is 1. The largest absolute Gasteiger partial charge is 0.352 e. The molecule has 1 aromatic rings. The smallest absolute Gasteiger partial charge is 0.276 e. The number of ketones is 1. The van der Waals surface area contributed by atoms with Gasteiger partial charge in [-0.05, 0) is 18.4 Å². The Kier molecular flexibility index (Phi) is 3.15. The Labute approximate surface area is 106 Å². The molecule has 0 saturated carbocycles. The van der Waals surface area contributed by atoms with Crippen LogP contribution in [0.5, 0.6) is 0 Å². The van der Waals surface area contributed by atoms with Gasteiger partial charge in [-0.2, -0.15) is 0 Å². The van der Waals surface area contributed by atoms with E-state index in [0.29, 0.717) is 5.69 Å². The molecule has 1 aliphatic heterocycles. The molecule has 1 aliphatic rings. The molecule has 2 rings (SSSR count). The van der Waals surface area contributed by atoms with Crippen molar-refractivity contribution in [2.24, 2.45) is 0 Å². The Morgan fingerprint density at radius 2 is 1.83 bits per heavy atom. The van der Waals surface area contributed by atoms with E-state index in [1.807, 2.05) is 0 Å². The second-order valence-electron chi connectivity index (χ2n) is 3.42. The van der Waals surface area contributed by atoms with E-state index in [4.69, 9.17) is 0 Å². The third kappa shape index (κ3) is 1.78. The summed E-state index contributed by atoms with van der Waals surface area (Å²) >= 11 is 1.00. The highest BCUT2D eigenvalue weighted by molar-refractivity contribution is 8.02. The molecular weight excluding hydrogens is 256 g/mol. The molecule has 0 aromatic heterocycles. The lowest BCUT2D eigenvalue weighted by Gasteiger charge is -2.16. The first-order valence-corrected chi connectivity index (χ1v) is 6.17. The van der Waals surface area contributed by atoms with Gasteiger partial charge in [0, 0.05) is 0 Å². The van der Waals surface area contributed by atoms with Gasteiger partial charge in [0.05, 0.1) is 10.6 Å². The predicted molar refractivity (Wildman–Crippen MR) is 66.5 cm³/mol. The van der Waals surface area contributed by atoms with Crippen LogP contribution in [-0.2, 0) is 9.59 Å². The summed E-state index contributed by atoms with van der Waals surface area (Å²) < 4.78 is 0. The molecule has 0 radical (unpaired) electrons. The average Bonchev–Trinajstić information content (AvgIpc) is 2.63. The summed E-state index contributed by atoms with van der Waals surface area (Å²) in [5, 5.41) is 10.9. The van der Waals surface area contributed by atoms with E-state index in [1.54, 1.807) is 36.6 Å². The van der Waals surface area contributed by atoms with Crippen molar-refractivity contribution in [1.29, 1.82) is 0 Å². The number of carbonyl (C=O) groups is 2. The maximum absolute atomic E-state index is 11.8. The summed E-state index contributed by atoms with van der Waals surface area (Å²) in [6, 6.07) is 8.36. The van der Waals surface area contributed by atoms with Crippen molar-refractivity contribution in [3.05, 3.63) is 51.2 Å². The van der Waals surface area contributed by atoms with Crippen LogP contribution in [0.2, 0.25) is 0 Å². The molecule has 92 valence electrons. The van der Waals surface area contributed by atoms with Gasteiger partial charge in [0.15, 0.2) is 5.03 Å². The van der Waals surface area contributed by atoms with E-state index in [0.717, 1.165) is 16.7 Å². The number of rotatable bonds is 3. The molecule has 0 atom stereocenters. The Morgan fingerprint density at radius 3 is 2.33 bits per heavy atom. The molecule has 0 aliphatic carbocycles. The van der Waals surface area contributed by atoms with Crippen LogP contribution in [-0.4, -0.2) is 22.9 Å². The van der Waals surface area contributed by atoms with Crippen LogP contribution in [0.15, 0.2) is 41.1 Å². The van der Waals surface area contributed by atoms with Crippen LogP contribution < -0.4 is 4.90 Å². The molecule has 0 fully saturated rings. The first-order valence-electron chi connectivity index (χ1n) is 4.94. The topological polar surface area (TPSA) is 80.5 Å². The lowest BCUT2D eigenvalue weighted by Crippen LogP contribution is -2.28. The molecule has 1 heterocycles. The summed E-state index contributed by atoms with van der Waals surface area (Å²) in [7, 11) is 0. The molecule has 18 heavy (non-hydrogen) atoms. The van der Waals surface area contributed by atoms with Crippen LogP contribution in [0.1, 0.15) is 0 Å². The minimum absolute atomic E-state index is 0.0567. The fourth-order valence-electron chi connectivity index (χ4n) is 1.66. The van der Waals surface area contributed by atoms with Crippen molar-refractivity contribution in [1.82, 2.24) is 0 Å². The van der Waals surface area contributed by atoms with Gasteiger partial charge in [0.1, 0.15) is 0 Å². The predicted octanol–water partition coefficient (Wildman–Crippen LogP) is 1.41. The third-order valence-electron chi connectivity index (χ3n) is 2.41. The SMILES string of the molecule is CSC1=C([N+](=O)[O-])C(=O)C(=O)N1c1ccccc1. The molecule has 0 bridgehead atoms. The third-order valence-corrected chi connectivity index (χ3v) is 3.17. The number of amides is 1. The van der Waals surface area contributed by atoms with Gasteiger partial charge in [0.25, 0.3) is 0 Å². The fourth-order valence-corrected chi connectivity index (χ4v) is 2.39. The minimum atomic E-state index is -1.08. The standard InChI is InChI=1S/C11H8N2O4S/c1-18-11-8(13(16)17)9(14)10(15)12(11)7-5-3-2-4-6-7/h2-6H,1H3. The number of nitro groups is 1. The van der Waals surface area contributed by atoms with Crippen molar-refractivity contribution < 1.29 is 14.5 Å². The summed E-state index contributed by atoms with van der Waals surface area (Å²) in [5.41, 5.74) is -0.214. The van der Waals surface area contributed by atoms with E-state index in [1.165, 1.54) is 0 Å². The van der Waals surface area contributed by atoms with E-state index in [9.17, 15) is 19.7 Å². The Bertz CT molecular complexity index is 568. The van der Waals surface area contributed by atoms with Gasteiger partial charge < -0.3 is 0 Å². The van der Waals surface area contributed by atoms with Gasteiger partial charge in [-0.25, -0.2) is 0 Å². The number of benzene rings is 1. The highest BCUT2D eigenvalue weighted by Crippen LogP contribution is 2.33. The maximum atomic E-state index is 11.8. The maximum Gasteiger partial charge on any atom is 0.352 e. The van der Waals surface area contributed by atoms with E-state index in [2.05, 4.69) is 0 Å². The molecule has 0 spiro atoms. The van der Waals surface area contributed by atoms with Gasteiger partial charge in [0.2, 0.25) is 0 Å². The molecule has 1 aromatic carbocycles. The number of hydrogen-bond donors (Lipinski definition) is 0. The number of hydrogen-bond acceptors (Lipinski definition) is 5. The van der Waals surface area contributed by atoms with Crippen LogP contribution >= 0.6 is 11.8 Å². The van der Waals surface area contributed by atoms with Crippen molar-refractivity contribution in [2.45, 2.75) is 0 Å². The van der Waals surface area contributed by atoms with Crippen molar-refractivity contribution in [3.8, 4) is 0 Å². The van der Waals surface area contributed by atoms with E-state index in [-0.39, 0.29) is 5.03 Å². The van der Waals surface area contributed by atoms with Gasteiger partial charge >= 0.3 is 17.4 Å². The Hall–Kier alpha value is -2.15. The fraction of sp³-hybridized carbons (Fsp3) is 0.0909. The minimum Gasteiger partial charge on any atom is -0.276 e. The first kappa shape index (κ1) is 12.3. The quantitative estimate of drug-likeness (QED) is 0.468. The molecule has 7 heteroatoms. The van der Waals surface area contributed by atoms with Crippen LogP contribution in [0.25, 0.3) is 0 Å². The van der Waals surface area contributed by atoms with Crippen LogP contribution in [0.4, 0.5) is 5.69 Å². The monoisotopic (exact) mass is 264 g/mol. The molecular formula is C11H8N2O4S. The highest BCUT2D eigenvalue weighted by Gasteiger charge is 2.46. The molecule has 0 unspecified atom stereocenters. The van der Waals surface area contributed by atoms with Gasteiger partial charge in [-0.1, -0.05) is 18.2 Å². The van der Waals surface area contributed by atoms with Crippen LogP contribution in [0.3, 0.4) is 0 Å². The zero-order valence-electron chi connectivity index (χ0n) is 9.32. The number of carbonyl (C=O) groups excluding carboxylic acids is 2. The van der Waals surface area contributed by atoms with Crippen molar-refractivity contribution >= 4 is 29.1 Å². The summed E-state index contributed by atoms with van der Waals surface area (Å²) in [4.78, 5) is 34.5. The number of anilines is 1. The normalized spacial score (nSPS) is 15.5. The molecule has 0 N–H and O–H groups in total. The van der Waals surface area contributed by atoms with E-state index >= 15 is 0 Å². The molecule has 0 saturated heterocycles. The average molecular weight is 264 g/mol. The lowest BCUT2D eigenvalue weighted by atomic mass is 10.3. The summed E-state index contributed by atoms with van der Waals surface area (Å²) in [6.45, 7) is 0. The van der Waals surface area contributed by atoms with Gasteiger partial charge in [-0.15, -0.1) is 11.8 Å². The second kappa shape index (κ2) is 4.61. The van der Waals surface area contributed by atoms with Crippen molar-refractivity contribution in [3.63, 3.8) is 0 Å². The second-order valence-corrected chi connectivity index (χ2v) is 4.22. The van der Waals surface area contributed by atoms with E-state index < -0.39 is 22.3 Å². The Morgan fingerprint density at radius 1 is 1.22 bits per heavy atom. The Balaban J connectivity index is 2.58. The lowest BCUT2D eigenvalue weighted by molar-refractivity contribution is -0.418. The number of thioether (sulfide) groups is 1.